The second-order valence-corrected chi connectivity index (χ2v) is 2.93. The highest BCUT2D eigenvalue weighted by Gasteiger charge is 2.03. The van der Waals surface area contributed by atoms with Gasteiger partial charge in [0, 0.05) is 11.8 Å². The molecule has 13 heavy (non-hydrogen) atoms. The van der Waals surface area contributed by atoms with Gasteiger partial charge in [0.15, 0.2) is 0 Å². The summed E-state index contributed by atoms with van der Waals surface area (Å²) in [7, 11) is 0. The van der Waals surface area contributed by atoms with E-state index in [-0.39, 0.29) is 5.75 Å². The predicted octanol–water partition coefficient (Wildman–Crippen LogP) is -0.0158. The van der Waals surface area contributed by atoms with Crippen LogP contribution in [0.2, 0.25) is 0 Å². The minimum Gasteiger partial charge on any atom is -0.507 e. The normalized spacial score (nSPS) is 13.1. The second-order valence-electron chi connectivity index (χ2n) is 2.93. The van der Waals surface area contributed by atoms with Crippen molar-refractivity contribution in [2.24, 2.45) is 0 Å². The van der Waals surface area contributed by atoms with Crippen molar-refractivity contribution in [3.05, 3.63) is 28.1 Å². The average Bonchev–Trinajstić information content (AvgIpc) is 2.42. The molecule has 2 rings (SSSR count). The molecular weight excluding hydrogens is 164 g/mol. The lowest BCUT2D eigenvalue weighted by molar-refractivity contribution is 0.474. The van der Waals surface area contributed by atoms with Crippen LogP contribution >= 0.6 is 0 Å². The third-order valence-electron chi connectivity index (χ3n) is 2.01. The smallest absolute Gasteiger partial charge is 0.124 e. The third-order valence-corrected chi connectivity index (χ3v) is 2.01. The van der Waals surface area contributed by atoms with E-state index < -0.39 is 0 Å². The van der Waals surface area contributed by atoms with Gasteiger partial charge in [-0.2, -0.15) is 0 Å². The van der Waals surface area contributed by atoms with E-state index in [1.54, 1.807) is 24.3 Å². The maximum absolute atomic E-state index is 9.41. The SMILES string of the molecule is N=Cc1cc2c(cc1O)=CC(=N)C=2. The van der Waals surface area contributed by atoms with Crippen molar-refractivity contribution in [2.45, 2.75) is 0 Å². The molecule has 0 aromatic heterocycles. The lowest BCUT2D eigenvalue weighted by atomic mass is 10.1. The van der Waals surface area contributed by atoms with Gasteiger partial charge in [-0.05, 0) is 34.7 Å². The Balaban J connectivity index is 2.85. The molecule has 0 saturated carbocycles. The van der Waals surface area contributed by atoms with Crippen LogP contribution in [0.15, 0.2) is 12.1 Å². The van der Waals surface area contributed by atoms with E-state index in [2.05, 4.69) is 0 Å². The Morgan fingerprint density at radius 2 is 1.77 bits per heavy atom. The molecule has 0 unspecified atom stereocenters. The highest BCUT2D eigenvalue weighted by Crippen LogP contribution is 2.08. The average molecular weight is 172 g/mol. The van der Waals surface area contributed by atoms with Gasteiger partial charge in [-0.3, -0.25) is 0 Å². The van der Waals surface area contributed by atoms with Crippen LogP contribution in [-0.2, 0) is 0 Å². The van der Waals surface area contributed by atoms with Crippen LogP contribution in [0.4, 0.5) is 0 Å². The summed E-state index contributed by atoms with van der Waals surface area (Å²) in [5.41, 5.74) is 0.912. The Morgan fingerprint density at radius 1 is 1.15 bits per heavy atom. The molecule has 0 bridgehead atoms. The Bertz CT molecular complexity index is 514. The number of hydrogen-bond acceptors (Lipinski definition) is 3. The number of nitrogens with one attached hydrogen (secondary N) is 2. The lowest BCUT2D eigenvalue weighted by Crippen LogP contribution is -2.21. The van der Waals surface area contributed by atoms with E-state index in [1.807, 2.05) is 0 Å². The van der Waals surface area contributed by atoms with Gasteiger partial charge in [-0.1, -0.05) is 0 Å². The standard InChI is InChI=1S/C10H8N2O/c11-5-8-1-6-2-9(12)3-7(6)4-10(8)13/h1-5,11-13H. The van der Waals surface area contributed by atoms with Crippen LogP contribution < -0.4 is 10.4 Å². The Morgan fingerprint density at radius 3 is 2.38 bits per heavy atom. The fourth-order valence-electron chi connectivity index (χ4n) is 1.38. The summed E-state index contributed by atoms with van der Waals surface area (Å²) in [4.78, 5) is 0. The molecule has 0 saturated heterocycles. The minimum absolute atomic E-state index is 0.0908. The molecule has 3 nitrogen and oxygen atoms in total. The molecule has 1 aromatic rings. The number of phenols is 1. The summed E-state index contributed by atoms with van der Waals surface area (Å²) < 4.78 is 0. The molecule has 0 fully saturated rings. The Kier molecular flexibility index (Phi) is 1.52. The largest absolute Gasteiger partial charge is 0.507 e. The van der Waals surface area contributed by atoms with Crippen LogP contribution in [0.5, 0.6) is 5.75 Å². The highest BCUT2D eigenvalue weighted by molar-refractivity contribution is 6.28. The van der Waals surface area contributed by atoms with E-state index >= 15 is 0 Å². The summed E-state index contributed by atoms with van der Waals surface area (Å²) >= 11 is 0. The first-order chi connectivity index (χ1) is 6.20. The number of aromatic hydroxyl groups is 1. The number of fused-ring (bicyclic) bond motifs is 1. The molecule has 3 N–H and O–H groups in total. The Hall–Kier alpha value is -1.90. The molecule has 0 aliphatic heterocycles. The van der Waals surface area contributed by atoms with Gasteiger partial charge in [-0.25, -0.2) is 0 Å². The predicted molar refractivity (Wildman–Crippen MR) is 51.9 cm³/mol. The molecule has 0 spiro atoms. The molecule has 1 aliphatic rings. The van der Waals surface area contributed by atoms with Crippen molar-refractivity contribution in [1.29, 1.82) is 10.8 Å². The van der Waals surface area contributed by atoms with E-state index in [4.69, 9.17) is 10.8 Å². The molecule has 0 heterocycles. The van der Waals surface area contributed by atoms with E-state index in [0.29, 0.717) is 11.3 Å². The van der Waals surface area contributed by atoms with Crippen LogP contribution in [-0.4, -0.2) is 17.0 Å². The van der Waals surface area contributed by atoms with E-state index in [9.17, 15) is 5.11 Å². The molecule has 0 atom stereocenters. The molecule has 0 amide bonds. The second kappa shape index (κ2) is 2.55. The third kappa shape index (κ3) is 1.14. The fraction of sp³-hybridized carbons (Fsp3) is 0. The van der Waals surface area contributed by atoms with Crippen LogP contribution in [0.1, 0.15) is 5.56 Å². The van der Waals surface area contributed by atoms with Gasteiger partial charge in [0.25, 0.3) is 0 Å². The van der Waals surface area contributed by atoms with E-state index in [1.165, 1.54) is 0 Å². The summed E-state index contributed by atoms with van der Waals surface area (Å²) in [6, 6.07) is 3.28. The van der Waals surface area contributed by atoms with Crippen molar-refractivity contribution in [1.82, 2.24) is 0 Å². The van der Waals surface area contributed by atoms with E-state index in [0.717, 1.165) is 16.7 Å². The molecule has 1 aliphatic carbocycles. The van der Waals surface area contributed by atoms with Gasteiger partial charge >= 0.3 is 0 Å². The van der Waals surface area contributed by atoms with Crippen molar-refractivity contribution < 1.29 is 5.11 Å². The highest BCUT2D eigenvalue weighted by atomic mass is 16.3. The lowest BCUT2D eigenvalue weighted by Gasteiger charge is -1.95. The quantitative estimate of drug-likeness (QED) is 0.512. The topological polar surface area (TPSA) is 67.9 Å². The van der Waals surface area contributed by atoms with Crippen molar-refractivity contribution in [3.8, 4) is 5.75 Å². The van der Waals surface area contributed by atoms with Crippen molar-refractivity contribution in [3.63, 3.8) is 0 Å². The van der Waals surface area contributed by atoms with Gasteiger partial charge in [-0.15, -0.1) is 0 Å². The molecule has 3 heteroatoms. The van der Waals surface area contributed by atoms with Gasteiger partial charge < -0.3 is 15.9 Å². The monoisotopic (exact) mass is 172 g/mol. The summed E-state index contributed by atoms with van der Waals surface area (Å²) in [6.45, 7) is 0. The number of hydrogen-bond donors (Lipinski definition) is 3. The molecular formula is C10H8N2O. The summed E-state index contributed by atoms with van der Waals surface area (Å²) in [5.74, 6) is 0.0908. The molecule has 64 valence electrons. The first-order valence-corrected chi connectivity index (χ1v) is 3.86. The van der Waals surface area contributed by atoms with Crippen molar-refractivity contribution in [2.75, 3.05) is 0 Å². The minimum atomic E-state index is 0.0908. The first kappa shape index (κ1) is 7.73. The van der Waals surface area contributed by atoms with Gasteiger partial charge in [0.2, 0.25) is 0 Å². The van der Waals surface area contributed by atoms with Crippen LogP contribution in [0.25, 0.3) is 12.2 Å². The molecule has 1 aromatic carbocycles. The number of benzene rings is 1. The number of rotatable bonds is 1. The maximum Gasteiger partial charge on any atom is 0.124 e. The Labute approximate surface area is 74.7 Å². The van der Waals surface area contributed by atoms with Gasteiger partial charge in [0.05, 0.1) is 5.71 Å². The summed E-state index contributed by atoms with van der Waals surface area (Å²) in [5, 5.41) is 25.6. The zero-order chi connectivity index (χ0) is 9.42. The zero-order valence-electron chi connectivity index (χ0n) is 6.83. The zero-order valence-corrected chi connectivity index (χ0v) is 6.83. The van der Waals surface area contributed by atoms with Gasteiger partial charge in [0.1, 0.15) is 5.75 Å². The maximum atomic E-state index is 9.41. The van der Waals surface area contributed by atoms with Crippen molar-refractivity contribution >= 4 is 24.1 Å². The number of phenolic OH excluding ortho intramolecular Hbond substituents is 1. The fourth-order valence-corrected chi connectivity index (χ4v) is 1.38. The first-order valence-electron chi connectivity index (χ1n) is 3.86. The van der Waals surface area contributed by atoms with Crippen LogP contribution in [0, 0.1) is 10.8 Å². The molecule has 0 radical (unpaired) electrons. The van der Waals surface area contributed by atoms with Crippen LogP contribution in [0.3, 0.4) is 0 Å². The summed E-state index contributed by atoms with van der Waals surface area (Å²) in [6.07, 6.45) is 4.50.